The molecule has 19 heteroatoms. The summed E-state index contributed by atoms with van der Waals surface area (Å²) in [4.78, 5) is 96.1. The van der Waals surface area contributed by atoms with Gasteiger partial charge in [-0.05, 0) is 83.5 Å². The molecule has 10 atom stereocenters. The van der Waals surface area contributed by atoms with Crippen molar-refractivity contribution in [1.82, 2.24) is 30.8 Å². The Kier molecular flexibility index (Phi) is 15.1. The third-order valence-electron chi connectivity index (χ3n) is 10.9. The van der Waals surface area contributed by atoms with Crippen LogP contribution < -0.4 is 10.6 Å². The van der Waals surface area contributed by atoms with Gasteiger partial charge >= 0.3 is 5.97 Å². The Labute approximate surface area is 327 Å². The highest BCUT2D eigenvalue weighted by Crippen LogP contribution is 2.33. The smallest absolute Gasteiger partial charge is 0.331 e. The average Bonchev–Trinajstić information content (AvgIpc) is 3.18. The quantitative estimate of drug-likeness (QED) is 0.220. The number of carbonyl (C=O) groups excluding carboxylic acids is 7. The first kappa shape index (κ1) is 44.2. The summed E-state index contributed by atoms with van der Waals surface area (Å²) in [5.74, 6) is -7.31. The fourth-order valence-corrected chi connectivity index (χ4v) is 7.41. The van der Waals surface area contributed by atoms with Gasteiger partial charge in [0.1, 0.15) is 30.3 Å². The van der Waals surface area contributed by atoms with Crippen molar-refractivity contribution in [2.75, 3.05) is 6.54 Å². The van der Waals surface area contributed by atoms with Gasteiger partial charge < -0.3 is 20.1 Å². The minimum absolute atomic E-state index is 0.0190. The summed E-state index contributed by atoms with van der Waals surface area (Å²) in [5, 5.41) is 37.0. The Morgan fingerprint density at radius 2 is 1.41 bits per heavy atom. The molecule has 10 unspecified atom stereocenters. The molecule has 2 saturated heterocycles. The van der Waals surface area contributed by atoms with E-state index in [2.05, 4.69) is 34.7 Å². The number of hydrogen-bond acceptors (Lipinski definition) is 13. The molecule has 0 spiro atoms. The van der Waals surface area contributed by atoms with Gasteiger partial charge in [-0.25, -0.2) is 24.9 Å². The molecule has 19 nitrogen and oxygen atoms in total. The van der Waals surface area contributed by atoms with E-state index in [-0.39, 0.29) is 41.9 Å². The Morgan fingerprint density at radius 3 is 1.98 bits per heavy atom. The van der Waals surface area contributed by atoms with Gasteiger partial charge in [-0.15, -0.1) is 0 Å². The van der Waals surface area contributed by atoms with E-state index >= 15 is 0 Å². The molecule has 312 valence electrons. The predicted octanol–water partition coefficient (Wildman–Crippen LogP) is 1.20. The van der Waals surface area contributed by atoms with Crippen LogP contribution in [0.1, 0.15) is 100 Å². The number of cyclic esters (lactones) is 1. The second kappa shape index (κ2) is 19.1. The molecule has 2 fully saturated rings. The SMILES string of the molecule is CC(C)CC1CCC(C(C)C(=O)NC2C(=O)N3N=CCCC3C(=O)N(O)C(C)C(=O)NCC(=O)N3N=CCCC3C(=O)N(O)C(C)C(=O)OC2C(C)C)OC1C. The lowest BCUT2D eigenvalue weighted by molar-refractivity contribution is -0.195. The van der Waals surface area contributed by atoms with Crippen molar-refractivity contribution in [1.29, 1.82) is 0 Å². The van der Waals surface area contributed by atoms with E-state index in [1.54, 1.807) is 20.8 Å². The molecule has 4 rings (SSSR count). The number of carbonyl (C=O) groups is 7. The maximum Gasteiger partial charge on any atom is 0.331 e. The zero-order valence-electron chi connectivity index (χ0n) is 33.5. The largest absolute Gasteiger partial charge is 0.458 e. The zero-order chi connectivity index (χ0) is 41.6. The fraction of sp³-hybridized carbons (Fsp3) is 0.757. The molecule has 0 aromatic carbocycles. The molecule has 0 aromatic heterocycles. The van der Waals surface area contributed by atoms with Crippen LogP contribution >= 0.6 is 0 Å². The van der Waals surface area contributed by atoms with Crippen molar-refractivity contribution in [3.63, 3.8) is 0 Å². The lowest BCUT2D eigenvalue weighted by Gasteiger charge is -2.39. The van der Waals surface area contributed by atoms with Crippen LogP contribution in [-0.2, 0) is 43.0 Å². The third-order valence-corrected chi connectivity index (χ3v) is 10.9. The van der Waals surface area contributed by atoms with Gasteiger partial charge in [-0.2, -0.15) is 10.2 Å². The highest BCUT2D eigenvalue weighted by atomic mass is 16.6. The van der Waals surface area contributed by atoms with Crippen molar-refractivity contribution in [3.8, 4) is 0 Å². The lowest BCUT2D eigenvalue weighted by Crippen LogP contribution is -2.62. The third kappa shape index (κ3) is 10.1. The fourth-order valence-electron chi connectivity index (χ4n) is 7.41. The summed E-state index contributed by atoms with van der Waals surface area (Å²) in [6.07, 6.45) is 3.55. The van der Waals surface area contributed by atoms with Crippen LogP contribution in [-0.4, -0.2) is 139 Å². The number of hydrazone groups is 2. The van der Waals surface area contributed by atoms with E-state index in [1.807, 2.05) is 6.92 Å². The number of nitrogens with one attached hydrogen (secondary N) is 2. The molecule has 0 aromatic rings. The first-order valence-corrected chi connectivity index (χ1v) is 19.5. The number of nitrogens with zero attached hydrogens (tertiary/aromatic N) is 6. The Bertz CT molecular complexity index is 1560. The van der Waals surface area contributed by atoms with Crippen LogP contribution in [0.3, 0.4) is 0 Å². The summed E-state index contributed by atoms with van der Waals surface area (Å²) in [6.45, 7) is 12.9. The van der Waals surface area contributed by atoms with Crippen LogP contribution in [0.25, 0.3) is 0 Å². The summed E-state index contributed by atoms with van der Waals surface area (Å²) in [7, 11) is 0. The first-order chi connectivity index (χ1) is 26.3. The van der Waals surface area contributed by atoms with E-state index in [1.165, 1.54) is 26.3 Å². The van der Waals surface area contributed by atoms with Crippen LogP contribution in [0.5, 0.6) is 0 Å². The number of rotatable bonds is 6. The minimum atomic E-state index is -1.67. The second-order valence-electron chi connectivity index (χ2n) is 15.9. The Hall–Kier alpha value is -4.49. The second-order valence-corrected chi connectivity index (χ2v) is 15.9. The number of amides is 6. The van der Waals surface area contributed by atoms with Gasteiger partial charge in [0.2, 0.25) is 11.8 Å². The molecule has 6 amide bonds. The number of hydroxylamine groups is 4. The molecule has 4 aliphatic rings. The maximum atomic E-state index is 14.6. The lowest BCUT2D eigenvalue weighted by atomic mass is 9.83. The number of ether oxygens (including phenoxy) is 2. The number of hydrogen-bond donors (Lipinski definition) is 4. The van der Waals surface area contributed by atoms with Gasteiger partial charge in [-0.3, -0.25) is 39.2 Å². The maximum absolute atomic E-state index is 14.6. The van der Waals surface area contributed by atoms with Gasteiger partial charge in [-0.1, -0.05) is 34.6 Å². The highest BCUT2D eigenvalue weighted by Gasteiger charge is 2.47. The Morgan fingerprint density at radius 1 is 0.839 bits per heavy atom. The van der Waals surface area contributed by atoms with Crippen molar-refractivity contribution >= 4 is 53.8 Å². The molecule has 0 bridgehead atoms. The molecule has 0 saturated carbocycles. The summed E-state index contributed by atoms with van der Waals surface area (Å²) in [6, 6.07) is -7.71. The summed E-state index contributed by atoms with van der Waals surface area (Å²) in [5.41, 5.74) is 0. The van der Waals surface area contributed by atoms with Gasteiger partial charge in [0.05, 0.1) is 24.7 Å². The Balaban J connectivity index is 1.73. The van der Waals surface area contributed by atoms with Gasteiger partial charge in [0.25, 0.3) is 23.6 Å². The molecule has 4 aliphatic heterocycles. The van der Waals surface area contributed by atoms with E-state index in [0.717, 1.165) is 22.9 Å². The molecule has 0 radical (unpaired) electrons. The van der Waals surface area contributed by atoms with E-state index in [9.17, 15) is 44.0 Å². The molecular weight excluding hydrogens is 732 g/mol. The topological polar surface area (TPSA) is 240 Å². The summed E-state index contributed by atoms with van der Waals surface area (Å²) < 4.78 is 12.2. The highest BCUT2D eigenvalue weighted by molar-refractivity contribution is 5.97. The standard InChI is InChI=1S/C37H58N8O11/c1-19(2)17-25-13-14-28(55-24(25)8)21(5)32(47)41-30-31(20(3)4)56-37(52)23(7)45(54)34(49)26-11-9-15-39-42(26)29(46)18-38-33(48)22(6)44(53)35(50)27-12-10-16-40-43(27)36(30)51/h15-16,19-28,30-31,53-54H,9-14,17-18H2,1-8H3,(H,38,48)(H,41,47). The first-order valence-electron chi connectivity index (χ1n) is 19.5. The van der Waals surface area contributed by atoms with Crippen molar-refractivity contribution < 1.29 is 53.4 Å². The van der Waals surface area contributed by atoms with Gasteiger partial charge in [0, 0.05) is 12.4 Å². The number of esters is 1. The van der Waals surface area contributed by atoms with Crippen LogP contribution in [0, 0.1) is 23.7 Å². The van der Waals surface area contributed by atoms with Crippen molar-refractivity contribution in [3.05, 3.63) is 0 Å². The molecule has 4 heterocycles. The van der Waals surface area contributed by atoms with E-state index < -0.39 is 102 Å². The predicted molar refractivity (Wildman–Crippen MR) is 198 cm³/mol. The van der Waals surface area contributed by atoms with E-state index in [4.69, 9.17) is 9.47 Å². The van der Waals surface area contributed by atoms with Gasteiger partial charge in [0.15, 0.2) is 6.04 Å². The molecule has 4 N–H and O–H groups in total. The van der Waals surface area contributed by atoms with Crippen LogP contribution in [0.2, 0.25) is 0 Å². The zero-order valence-corrected chi connectivity index (χ0v) is 33.5. The molecular formula is C37H58N8O11. The number of fused-ring (bicyclic) bond motifs is 2. The minimum Gasteiger partial charge on any atom is -0.458 e. The van der Waals surface area contributed by atoms with Crippen LogP contribution in [0.4, 0.5) is 0 Å². The monoisotopic (exact) mass is 790 g/mol. The normalized spacial score (nSPS) is 32.3. The van der Waals surface area contributed by atoms with Crippen molar-refractivity contribution in [2.24, 2.45) is 33.9 Å². The average molecular weight is 791 g/mol. The molecule has 56 heavy (non-hydrogen) atoms. The van der Waals surface area contributed by atoms with Crippen molar-refractivity contribution in [2.45, 2.75) is 149 Å². The van der Waals surface area contributed by atoms with Crippen LogP contribution in [0.15, 0.2) is 10.2 Å². The summed E-state index contributed by atoms with van der Waals surface area (Å²) >= 11 is 0. The van der Waals surface area contributed by atoms with E-state index in [0.29, 0.717) is 18.3 Å². The molecule has 0 aliphatic carbocycles.